The van der Waals surface area contributed by atoms with Gasteiger partial charge in [-0.1, -0.05) is 26.0 Å². The number of imide groups is 1. The van der Waals surface area contributed by atoms with Crippen molar-refractivity contribution in [1.82, 2.24) is 20.3 Å². The Bertz CT molecular complexity index is 1930. The maximum Gasteiger partial charge on any atom is 0.417 e. The summed E-state index contributed by atoms with van der Waals surface area (Å²) in [5.41, 5.74) is 5.80. The molecule has 12 nitrogen and oxygen atoms in total. The number of nitrogen functional groups attached to an aromatic ring is 1. The average molecular weight is 720 g/mol. The smallest absolute Gasteiger partial charge is 0.417 e. The van der Waals surface area contributed by atoms with Crippen LogP contribution in [0.1, 0.15) is 64.0 Å². The van der Waals surface area contributed by atoms with E-state index in [1.807, 2.05) is 13.8 Å². The average Bonchev–Trinajstić information content (AvgIpc) is 3.33. The number of benzene rings is 2. The van der Waals surface area contributed by atoms with Crippen molar-refractivity contribution in [2.24, 2.45) is 5.92 Å². The van der Waals surface area contributed by atoms with Gasteiger partial charge in [0, 0.05) is 41.4 Å². The number of hydrogen-bond acceptors (Lipinski definition) is 8. The zero-order chi connectivity index (χ0) is 36.8. The monoisotopic (exact) mass is 719 g/mol. The molecule has 5 rings (SSSR count). The Kier molecular flexibility index (Phi) is 12.0. The highest BCUT2D eigenvalue weighted by atomic mass is 32.2. The molecular formula is C34H40F3N5O7S. The van der Waals surface area contributed by atoms with Gasteiger partial charge in [-0.05, 0) is 86.8 Å². The summed E-state index contributed by atoms with van der Waals surface area (Å²) in [5, 5.41) is 5.31. The molecule has 0 spiro atoms. The van der Waals surface area contributed by atoms with Gasteiger partial charge in [0.05, 0.1) is 17.0 Å². The molecule has 1 aliphatic heterocycles. The fourth-order valence-corrected chi connectivity index (χ4v) is 6.74. The highest BCUT2D eigenvalue weighted by molar-refractivity contribution is 7.90. The molecule has 5 N–H and O–H groups in total. The molecule has 2 heterocycles. The maximum absolute atomic E-state index is 12.6. The van der Waals surface area contributed by atoms with Crippen LogP contribution in [0.25, 0.3) is 11.0 Å². The van der Waals surface area contributed by atoms with Gasteiger partial charge in [0.15, 0.2) is 0 Å². The van der Waals surface area contributed by atoms with Crippen LogP contribution in [-0.2, 0) is 27.4 Å². The lowest BCUT2D eigenvalue weighted by molar-refractivity contribution is -0.136. The number of sulfonamides is 1. The van der Waals surface area contributed by atoms with Crippen molar-refractivity contribution in [3.63, 3.8) is 0 Å². The van der Waals surface area contributed by atoms with Crippen molar-refractivity contribution in [3.8, 4) is 0 Å². The Morgan fingerprint density at radius 2 is 1.68 bits per heavy atom. The number of fused-ring (bicyclic) bond motifs is 1. The van der Waals surface area contributed by atoms with Crippen LogP contribution in [0.15, 0.2) is 73.8 Å². The molecule has 2 aliphatic rings. The van der Waals surface area contributed by atoms with Crippen LogP contribution in [0.4, 0.5) is 28.4 Å². The molecule has 1 aromatic heterocycles. The summed E-state index contributed by atoms with van der Waals surface area (Å²) in [6.45, 7) is 6.53. The van der Waals surface area contributed by atoms with Crippen molar-refractivity contribution in [1.29, 1.82) is 0 Å². The Hall–Kier alpha value is -4.86. The molecule has 2 aromatic carbocycles. The van der Waals surface area contributed by atoms with Crippen molar-refractivity contribution in [2.75, 3.05) is 18.8 Å². The fourth-order valence-electron chi connectivity index (χ4n) is 5.83. The van der Waals surface area contributed by atoms with E-state index in [0.717, 1.165) is 36.8 Å². The standard InChI is InChI=1S/C24H34N4O5S.C10H6F3NO2/c1-4-21-17(3)15-28(22(21)29)24(31)25-14-13-18-7-11-20(12-8-18)34(32,33)27-23(30)26-19-9-5-16(2)6-10-19;11-10(12,13)7-4-9(15)16-8-3-5(14)1-2-6(7)8/h7-8,11-12,16,19H,4-6,9-10,13-15H2,1-3H3,(H,25,31)(H2,26,27,30);1-4H,14H2. The van der Waals surface area contributed by atoms with E-state index in [-0.39, 0.29) is 33.5 Å². The third-order valence-electron chi connectivity index (χ3n) is 8.59. The molecule has 50 heavy (non-hydrogen) atoms. The SMILES string of the molecule is CCC1=C(C)CN(C(=O)NCCc2ccc(S(=O)(=O)NC(=O)NC3CCC(C)CC3)cc2)C1=O.Nc1ccc2c(C(F)(F)F)cc(=O)oc2c1. The molecule has 0 bridgehead atoms. The van der Waals surface area contributed by atoms with Gasteiger partial charge in [-0.15, -0.1) is 0 Å². The molecule has 1 aliphatic carbocycles. The first-order valence-electron chi connectivity index (χ1n) is 16.1. The van der Waals surface area contributed by atoms with Crippen molar-refractivity contribution >= 4 is 44.6 Å². The Balaban J connectivity index is 0.000000291. The Morgan fingerprint density at radius 3 is 2.28 bits per heavy atom. The minimum Gasteiger partial charge on any atom is -0.423 e. The summed E-state index contributed by atoms with van der Waals surface area (Å²) in [5.74, 6) is 0.385. The van der Waals surface area contributed by atoms with Gasteiger partial charge < -0.3 is 20.8 Å². The van der Waals surface area contributed by atoms with Crippen LogP contribution in [0.3, 0.4) is 0 Å². The van der Waals surface area contributed by atoms with E-state index in [9.17, 15) is 40.8 Å². The van der Waals surface area contributed by atoms with E-state index < -0.39 is 39.5 Å². The second kappa shape index (κ2) is 15.8. The first-order valence-corrected chi connectivity index (χ1v) is 17.6. The van der Waals surface area contributed by atoms with Crippen LogP contribution < -0.4 is 26.7 Å². The van der Waals surface area contributed by atoms with Gasteiger partial charge >= 0.3 is 23.9 Å². The lowest BCUT2D eigenvalue weighted by Gasteiger charge is -2.26. The number of alkyl halides is 3. The fraction of sp³-hybridized carbons (Fsp3) is 0.412. The van der Waals surface area contributed by atoms with Crippen LogP contribution in [0, 0.1) is 5.92 Å². The Labute approximate surface area is 287 Å². The second-order valence-corrected chi connectivity index (χ2v) is 14.1. The first kappa shape index (κ1) is 38.0. The molecule has 5 amide bonds. The predicted octanol–water partition coefficient (Wildman–Crippen LogP) is 5.47. The highest BCUT2D eigenvalue weighted by Crippen LogP contribution is 2.34. The van der Waals surface area contributed by atoms with Gasteiger partial charge in [0.2, 0.25) is 0 Å². The van der Waals surface area contributed by atoms with Gasteiger partial charge in [0.1, 0.15) is 5.58 Å². The van der Waals surface area contributed by atoms with Gasteiger partial charge in [-0.3, -0.25) is 9.69 Å². The number of nitrogens with two attached hydrogens (primary N) is 1. The minimum atomic E-state index is -4.59. The third kappa shape index (κ3) is 9.64. The summed E-state index contributed by atoms with van der Waals surface area (Å²) in [6, 6.07) is 9.10. The third-order valence-corrected chi connectivity index (χ3v) is 9.94. The zero-order valence-corrected chi connectivity index (χ0v) is 28.7. The lowest BCUT2D eigenvalue weighted by atomic mass is 9.87. The van der Waals surface area contributed by atoms with Crippen molar-refractivity contribution < 1.29 is 40.4 Å². The lowest BCUT2D eigenvalue weighted by Crippen LogP contribution is -2.45. The van der Waals surface area contributed by atoms with E-state index in [1.165, 1.54) is 35.2 Å². The summed E-state index contributed by atoms with van der Waals surface area (Å²) >= 11 is 0. The Morgan fingerprint density at radius 1 is 1.02 bits per heavy atom. The largest absolute Gasteiger partial charge is 0.423 e. The van der Waals surface area contributed by atoms with Gasteiger partial charge in [-0.2, -0.15) is 13.2 Å². The first-order chi connectivity index (χ1) is 23.5. The van der Waals surface area contributed by atoms with E-state index in [1.54, 1.807) is 12.1 Å². The van der Waals surface area contributed by atoms with Crippen molar-refractivity contribution in [3.05, 3.63) is 81.2 Å². The minimum absolute atomic E-state index is 0.00639. The highest BCUT2D eigenvalue weighted by Gasteiger charge is 2.34. The quantitative estimate of drug-likeness (QED) is 0.183. The van der Waals surface area contributed by atoms with Gasteiger partial charge in [0.25, 0.3) is 15.9 Å². The van der Waals surface area contributed by atoms with E-state index >= 15 is 0 Å². The number of amides is 5. The molecule has 270 valence electrons. The predicted molar refractivity (Wildman–Crippen MR) is 180 cm³/mol. The number of carbonyl (C=O) groups excluding carboxylic acids is 3. The summed E-state index contributed by atoms with van der Waals surface area (Å²) < 4.78 is 69.6. The van der Waals surface area contributed by atoms with Crippen LogP contribution in [0.2, 0.25) is 0 Å². The molecule has 1 saturated carbocycles. The second-order valence-electron chi connectivity index (χ2n) is 12.4. The maximum atomic E-state index is 12.6. The summed E-state index contributed by atoms with van der Waals surface area (Å²) in [4.78, 5) is 48.9. The number of halogens is 3. The van der Waals surface area contributed by atoms with Crippen LogP contribution >= 0.6 is 0 Å². The molecule has 0 radical (unpaired) electrons. The number of carbonyl (C=O) groups is 3. The molecule has 1 fully saturated rings. The number of anilines is 1. The topological polar surface area (TPSA) is 181 Å². The number of hydrogen-bond donors (Lipinski definition) is 4. The van der Waals surface area contributed by atoms with Gasteiger partial charge in [-0.25, -0.2) is 27.5 Å². The number of urea groups is 2. The molecular weight excluding hydrogens is 679 g/mol. The molecule has 16 heteroatoms. The van der Waals surface area contributed by atoms with Crippen molar-refractivity contribution in [2.45, 2.75) is 76.4 Å². The normalized spacial score (nSPS) is 18.0. The molecule has 3 aromatic rings. The molecule has 0 unspecified atom stereocenters. The van der Waals surface area contributed by atoms with Crippen LogP contribution in [-0.4, -0.2) is 50.4 Å². The number of rotatable bonds is 7. The number of nitrogens with zero attached hydrogens (tertiary/aromatic N) is 1. The number of nitrogens with one attached hydrogen (secondary N) is 3. The van der Waals surface area contributed by atoms with E-state index in [2.05, 4.69) is 26.7 Å². The molecule has 0 atom stereocenters. The summed E-state index contributed by atoms with van der Waals surface area (Å²) in [7, 11) is -3.98. The molecule has 0 saturated heterocycles. The zero-order valence-electron chi connectivity index (χ0n) is 27.9. The van der Waals surface area contributed by atoms with E-state index in [0.29, 0.717) is 43.5 Å². The van der Waals surface area contributed by atoms with E-state index in [4.69, 9.17) is 5.73 Å². The van der Waals surface area contributed by atoms with Crippen LogP contribution in [0.5, 0.6) is 0 Å². The summed E-state index contributed by atoms with van der Waals surface area (Å²) in [6.07, 6.45) is 0.206.